The average Bonchev–Trinajstić information content (AvgIpc) is 2.17. The molecule has 1 rings (SSSR count). The summed E-state index contributed by atoms with van der Waals surface area (Å²) >= 11 is 0. The van der Waals surface area contributed by atoms with E-state index in [0.29, 0.717) is 0 Å². The molecular weight excluding hydrogens is 180 g/mol. The van der Waals surface area contributed by atoms with Gasteiger partial charge in [-0.3, -0.25) is 0 Å². The van der Waals surface area contributed by atoms with Crippen molar-refractivity contribution in [2.45, 2.75) is 13.3 Å². The fraction of sp³-hybridized carbons (Fsp3) is 0.400. The molecule has 13 heavy (non-hydrogen) atoms. The largest absolute Gasteiger partial charge is 0.494 e. The zero-order chi connectivity index (χ0) is 9.52. The topological polar surface area (TPSA) is 18.5 Å². The molecule has 0 aliphatic heterocycles. The zero-order valence-electron chi connectivity index (χ0n) is 8.25. The molecule has 0 saturated heterocycles. The van der Waals surface area contributed by atoms with Crippen molar-refractivity contribution in [3.05, 3.63) is 29.8 Å². The Balaban J connectivity index is 2.66. The molecule has 0 aliphatic rings. The molecule has 0 heterocycles. The Morgan fingerprint density at radius 2 is 2.08 bits per heavy atom. The molecule has 0 N–H and O–H groups in total. The molecule has 0 amide bonds. The molecule has 0 bridgehead atoms. The number of rotatable bonds is 5. The van der Waals surface area contributed by atoms with E-state index < -0.39 is 0 Å². The van der Waals surface area contributed by atoms with Gasteiger partial charge in [0.15, 0.2) is 0 Å². The molecule has 2 nitrogen and oxygen atoms in total. The number of hydrogen-bond acceptors (Lipinski definition) is 2. The molecular formula is C10H16O2Si. The highest BCUT2D eigenvalue weighted by Crippen LogP contribution is 2.18. The van der Waals surface area contributed by atoms with Gasteiger partial charge in [-0.25, -0.2) is 0 Å². The van der Waals surface area contributed by atoms with Crippen molar-refractivity contribution in [3.63, 3.8) is 0 Å². The van der Waals surface area contributed by atoms with Crippen LogP contribution in [0.2, 0.25) is 0 Å². The first kappa shape index (κ1) is 10.3. The molecule has 72 valence electrons. The molecule has 0 spiro atoms. The van der Waals surface area contributed by atoms with Crippen LogP contribution in [0, 0.1) is 0 Å². The average molecular weight is 196 g/mol. The summed E-state index contributed by atoms with van der Waals surface area (Å²) in [6.07, 6.45) is 0.944. The first-order valence-corrected chi connectivity index (χ1v) is 5.39. The number of benzene rings is 1. The second-order valence-electron chi connectivity index (χ2n) is 2.78. The Labute approximate surface area is 82.4 Å². The minimum atomic E-state index is 0.721. The van der Waals surface area contributed by atoms with Crippen LogP contribution in [0.1, 0.15) is 12.5 Å². The van der Waals surface area contributed by atoms with Crippen molar-refractivity contribution in [1.29, 1.82) is 0 Å². The van der Waals surface area contributed by atoms with Crippen molar-refractivity contribution < 1.29 is 9.16 Å². The van der Waals surface area contributed by atoms with Gasteiger partial charge in [0.2, 0.25) is 0 Å². The third-order valence-electron chi connectivity index (χ3n) is 1.85. The highest BCUT2D eigenvalue weighted by atomic mass is 28.2. The molecule has 1 aromatic carbocycles. The van der Waals surface area contributed by atoms with Crippen LogP contribution in [0.5, 0.6) is 5.75 Å². The molecule has 0 aliphatic carbocycles. The van der Waals surface area contributed by atoms with Crippen LogP contribution in [-0.2, 0) is 10.8 Å². The van der Waals surface area contributed by atoms with Crippen LogP contribution in [-0.4, -0.2) is 23.7 Å². The smallest absolute Gasteiger partial charge is 0.145 e. The van der Waals surface area contributed by atoms with Gasteiger partial charge in [0, 0.05) is 6.61 Å². The van der Waals surface area contributed by atoms with E-state index in [9.17, 15) is 0 Å². The lowest BCUT2D eigenvalue weighted by Crippen LogP contribution is -2.00. The maximum Gasteiger partial charge on any atom is 0.145 e. The van der Waals surface area contributed by atoms with Crippen molar-refractivity contribution >= 4 is 10.5 Å². The number of para-hydroxylation sites is 1. The second-order valence-corrected chi connectivity index (χ2v) is 3.36. The highest BCUT2D eigenvalue weighted by molar-refractivity contribution is 5.97. The van der Waals surface area contributed by atoms with Crippen molar-refractivity contribution in [2.24, 2.45) is 0 Å². The van der Waals surface area contributed by atoms with Gasteiger partial charge in [0.05, 0.1) is 6.61 Å². The Morgan fingerprint density at radius 3 is 2.77 bits per heavy atom. The van der Waals surface area contributed by atoms with E-state index in [1.165, 1.54) is 5.56 Å². The zero-order valence-corrected chi connectivity index (χ0v) is 10.2. The van der Waals surface area contributed by atoms with Crippen LogP contribution in [0.15, 0.2) is 24.3 Å². The molecule has 1 aromatic rings. The summed E-state index contributed by atoms with van der Waals surface area (Å²) in [6, 6.07) is 8.12. The first-order chi connectivity index (χ1) is 6.38. The van der Waals surface area contributed by atoms with Gasteiger partial charge in [0.25, 0.3) is 0 Å². The van der Waals surface area contributed by atoms with Gasteiger partial charge in [-0.1, -0.05) is 18.2 Å². The highest BCUT2D eigenvalue weighted by Gasteiger charge is 2.00. The van der Waals surface area contributed by atoms with Crippen LogP contribution >= 0.6 is 0 Å². The summed E-state index contributed by atoms with van der Waals surface area (Å²) in [5.41, 5.74) is 1.24. The van der Waals surface area contributed by atoms with E-state index in [2.05, 4.69) is 6.07 Å². The molecule has 3 heteroatoms. The van der Waals surface area contributed by atoms with E-state index >= 15 is 0 Å². The third-order valence-corrected chi connectivity index (χ3v) is 2.26. The Bertz CT molecular complexity index is 250. The summed E-state index contributed by atoms with van der Waals surface area (Å²) in [4.78, 5) is 0. The third kappa shape index (κ3) is 3.20. The minimum absolute atomic E-state index is 0.721. The summed E-state index contributed by atoms with van der Waals surface area (Å²) in [7, 11) is 0.809. The molecule has 0 saturated carbocycles. The Morgan fingerprint density at radius 1 is 1.31 bits per heavy atom. The molecule has 0 radical (unpaired) electrons. The predicted molar refractivity (Wildman–Crippen MR) is 57.2 cm³/mol. The Kier molecular flexibility index (Phi) is 4.57. The number of hydrogen-bond donors (Lipinski definition) is 0. The van der Waals surface area contributed by atoms with E-state index in [4.69, 9.17) is 9.16 Å². The normalized spacial score (nSPS) is 10.2. The number of ether oxygens (including phenoxy) is 1. The summed E-state index contributed by atoms with van der Waals surface area (Å²) in [6.45, 7) is 3.52. The van der Waals surface area contributed by atoms with Gasteiger partial charge in [-0.2, -0.15) is 0 Å². The lowest BCUT2D eigenvalue weighted by molar-refractivity contribution is 0.325. The van der Waals surface area contributed by atoms with E-state index in [1.807, 2.05) is 25.1 Å². The SMILES string of the molecule is CCOc1ccccc1CCO[SiH3]. The standard InChI is InChI=1S/C10H16O2Si/c1-2-11-10-6-4-3-5-9(10)7-8-12-13/h3-6H,2,7-8H2,1,13H3. The van der Waals surface area contributed by atoms with Gasteiger partial charge >= 0.3 is 0 Å². The monoisotopic (exact) mass is 196 g/mol. The van der Waals surface area contributed by atoms with Gasteiger partial charge in [-0.05, 0) is 25.0 Å². The van der Waals surface area contributed by atoms with E-state index in [-0.39, 0.29) is 0 Å². The molecule has 0 aromatic heterocycles. The van der Waals surface area contributed by atoms with E-state index in [0.717, 1.165) is 35.9 Å². The van der Waals surface area contributed by atoms with Crippen LogP contribution in [0.4, 0.5) is 0 Å². The minimum Gasteiger partial charge on any atom is -0.494 e. The predicted octanol–water partition coefficient (Wildman–Crippen LogP) is 0.925. The first-order valence-electron chi connectivity index (χ1n) is 4.58. The maximum atomic E-state index is 5.49. The molecule has 0 fully saturated rings. The lowest BCUT2D eigenvalue weighted by atomic mass is 10.1. The van der Waals surface area contributed by atoms with Crippen LogP contribution < -0.4 is 4.74 Å². The molecule has 0 atom stereocenters. The van der Waals surface area contributed by atoms with Crippen LogP contribution in [0.3, 0.4) is 0 Å². The quantitative estimate of drug-likeness (QED) is 0.652. The van der Waals surface area contributed by atoms with Crippen molar-refractivity contribution in [2.75, 3.05) is 13.2 Å². The van der Waals surface area contributed by atoms with E-state index in [1.54, 1.807) is 0 Å². The van der Waals surface area contributed by atoms with Crippen molar-refractivity contribution in [1.82, 2.24) is 0 Å². The fourth-order valence-electron chi connectivity index (χ4n) is 1.22. The van der Waals surface area contributed by atoms with Gasteiger partial charge < -0.3 is 9.16 Å². The van der Waals surface area contributed by atoms with Gasteiger partial charge in [-0.15, -0.1) is 0 Å². The summed E-state index contributed by atoms with van der Waals surface area (Å²) in [5.74, 6) is 0.990. The summed E-state index contributed by atoms with van der Waals surface area (Å²) in [5, 5.41) is 0. The Hall–Kier alpha value is -0.803. The van der Waals surface area contributed by atoms with Crippen molar-refractivity contribution in [3.8, 4) is 5.75 Å². The fourth-order valence-corrected chi connectivity index (χ4v) is 1.42. The molecule has 0 unspecified atom stereocenters. The summed E-state index contributed by atoms with van der Waals surface area (Å²) < 4.78 is 10.7. The second kappa shape index (κ2) is 5.78. The van der Waals surface area contributed by atoms with Gasteiger partial charge in [0.1, 0.15) is 16.2 Å². The lowest BCUT2D eigenvalue weighted by Gasteiger charge is -2.08. The van der Waals surface area contributed by atoms with Crippen LogP contribution in [0.25, 0.3) is 0 Å². The maximum absolute atomic E-state index is 5.49.